The molecule has 2 saturated heterocycles. The monoisotopic (exact) mass is 191 g/mol. The fourth-order valence-electron chi connectivity index (χ4n) is 2.24. The van der Waals surface area contributed by atoms with Crippen molar-refractivity contribution in [1.82, 2.24) is 5.32 Å². The normalized spacial score (nSPS) is 37.6. The lowest BCUT2D eigenvalue weighted by molar-refractivity contribution is -0.146. The Morgan fingerprint density at radius 1 is 1.50 bits per heavy atom. The molecule has 4 heteroatoms. The number of hydrogen-bond acceptors (Lipinski definition) is 3. The third-order valence-electron chi connectivity index (χ3n) is 2.80. The molecule has 0 saturated carbocycles. The summed E-state index contributed by atoms with van der Waals surface area (Å²) < 4.78 is 4.71. The molecule has 12 heavy (non-hydrogen) atoms. The van der Waals surface area contributed by atoms with Crippen LogP contribution in [-0.2, 0) is 9.53 Å². The molecule has 2 fully saturated rings. The van der Waals surface area contributed by atoms with E-state index in [1.54, 1.807) is 0 Å². The van der Waals surface area contributed by atoms with Crippen molar-refractivity contribution >= 4 is 18.4 Å². The summed E-state index contributed by atoms with van der Waals surface area (Å²) in [5.74, 6) is 0.100. The molecular formula is C8H14ClNO2. The van der Waals surface area contributed by atoms with Gasteiger partial charge in [-0.25, -0.2) is 0 Å². The van der Waals surface area contributed by atoms with E-state index < -0.39 is 0 Å². The van der Waals surface area contributed by atoms with E-state index in [4.69, 9.17) is 4.74 Å². The first-order valence-electron chi connectivity index (χ1n) is 4.15. The minimum Gasteiger partial charge on any atom is -0.469 e. The van der Waals surface area contributed by atoms with Gasteiger partial charge in [0, 0.05) is 12.1 Å². The van der Waals surface area contributed by atoms with E-state index in [2.05, 4.69) is 5.32 Å². The van der Waals surface area contributed by atoms with Gasteiger partial charge >= 0.3 is 5.97 Å². The van der Waals surface area contributed by atoms with Crippen molar-refractivity contribution in [2.75, 3.05) is 7.11 Å². The highest BCUT2D eigenvalue weighted by molar-refractivity contribution is 5.85. The highest BCUT2D eigenvalue weighted by Gasteiger charge is 2.43. The third-order valence-corrected chi connectivity index (χ3v) is 2.80. The van der Waals surface area contributed by atoms with Gasteiger partial charge in [0.1, 0.15) is 0 Å². The summed E-state index contributed by atoms with van der Waals surface area (Å²) in [6.45, 7) is 0. The van der Waals surface area contributed by atoms with Crippen LogP contribution < -0.4 is 5.32 Å². The van der Waals surface area contributed by atoms with Crippen LogP contribution in [0.15, 0.2) is 0 Å². The second kappa shape index (κ2) is 3.62. The number of carbonyl (C=O) groups excluding carboxylic acids is 1. The fourth-order valence-corrected chi connectivity index (χ4v) is 2.24. The van der Waals surface area contributed by atoms with Crippen molar-refractivity contribution in [1.29, 1.82) is 0 Å². The number of nitrogens with one attached hydrogen (secondary N) is 1. The maximum Gasteiger partial charge on any atom is 0.310 e. The lowest BCUT2D eigenvalue weighted by Gasteiger charge is -2.16. The Bertz CT molecular complexity index is 186. The topological polar surface area (TPSA) is 38.3 Å². The van der Waals surface area contributed by atoms with Gasteiger partial charge in [-0.05, 0) is 19.3 Å². The van der Waals surface area contributed by atoms with Gasteiger partial charge in [-0.15, -0.1) is 12.4 Å². The standard InChI is InChI=1S/C8H13NO2.ClH/c1-11-8(10)6-4-5-2-3-7(6)9-5;/h5-7,9H,2-4H2,1H3;1H/t5-,6+,7+;/m0./s1. The van der Waals surface area contributed by atoms with Crippen LogP contribution in [0.5, 0.6) is 0 Å². The highest BCUT2D eigenvalue weighted by atomic mass is 35.5. The molecule has 3 nitrogen and oxygen atoms in total. The highest BCUT2D eigenvalue weighted by Crippen LogP contribution is 2.33. The van der Waals surface area contributed by atoms with E-state index in [0.717, 1.165) is 12.8 Å². The van der Waals surface area contributed by atoms with E-state index in [0.29, 0.717) is 12.1 Å². The lowest BCUT2D eigenvalue weighted by Crippen LogP contribution is -2.29. The zero-order valence-corrected chi connectivity index (χ0v) is 7.89. The Balaban J connectivity index is 0.000000720. The molecule has 2 aliphatic heterocycles. The van der Waals surface area contributed by atoms with E-state index in [1.165, 1.54) is 13.5 Å². The van der Waals surface area contributed by atoms with Gasteiger partial charge in [-0.1, -0.05) is 0 Å². The Labute approximate surface area is 78.3 Å². The molecule has 2 aliphatic rings. The predicted octanol–water partition coefficient (Wildman–Crippen LogP) is 0.722. The predicted molar refractivity (Wildman–Crippen MR) is 47.3 cm³/mol. The number of halogens is 1. The lowest BCUT2D eigenvalue weighted by atomic mass is 9.89. The van der Waals surface area contributed by atoms with Gasteiger partial charge in [-0.2, -0.15) is 0 Å². The number of carbonyl (C=O) groups is 1. The number of esters is 1. The Kier molecular flexibility index (Phi) is 2.96. The van der Waals surface area contributed by atoms with Crippen LogP contribution in [0, 0.1) is 5.92 Å². The second-order valence-electron chi connectivity index (χ2n) is 3.41. The van der Waals surface area contributed by atoms with Crippen molar-refractivity contribution < 1.29 is 9.53 Å². The molecule has 0 aromatic rings. The molecule has 70 valence electrons. The number of methoxy groups -OCH3 is 1. The van der Waals surface area contributed by atoms with Crippen molar-refractivity contribution in [3.8, 4) is 0 Å². The maximum absolute atomic E-state index is 11.1. The summed E-state index contributed by atoms with van der Waals surface area (Å²) in [6.07, 6.45) is 3.36. The molecular weight excluding hydrogens is 178 g/mol. The zero-order chi connectivity index (χ0) is 7.84. The van der Waals surface area contributed by atoms with Crippen molar-refractivity contribution in [2.45, 2.75) is 31.3 Å². The van der Waals surface area contributed by atoms with Crippen LogP contribution in [0.3, 0.4) is 0 Å². The molecule has 0 amide bonds. The van der Waals surface area contributed by atoms with Crippen LogP contribution in [0.25, 0.3) is 0 Å². The fraction of sp³-hybridized carbons (Fsp3) is 0.875. The molecule has 0 spiro atoms. The first-order chi connectivity index (χ1) is 5.31. The van der Waals surface area contributed by atoms with E-state index in [9.17, 15) is 4.79 Å². The van der Waals surface area contributed by atoms with E-state index in [1.807, 2.05) is 0 Å². The minimum atomic E-state index is -0.0373. The first kappa shape index (κ1) is 9.81. The average Bonchev–Trinajstić information content (AvgIpc) is 2.62. The van der Waals surface area contributed by atoms with E-state index in [-0.39, 0.29) is 24.3 Å². The number of fused-ring (bicyclic) bond motifs is 2. The van der Waals surface area contributed by atoms with Crippen LogP contribution in [0.2, 0.25) is 0 Å². The molecule has 1 N–H and O–H groups in total. The summed E-state index contributed by atoms with van der Waals surface area (Å²) in [4.78, 5) is 11.1. The summed E-state index contributed by atoms with van der Waals surface area (Å²) in [5.41, 5.74) is 0. The molecule has 2 heterocycles. The molecule has 0 aromatic carbocycles. The maximum atomic E-state index is 11.1. The molecule has 0 radical (unpaired) electrons. The number of ether oxygens (including phenoxy) is 1. The number of hydrogen-bond donors (Lipinski definition) is 1. The zero-order valence-electron chi connectivity index (χ0n) is 7.08. The summed E-state index contributed by atoms with van der Waals surface area (Å²) in [6, 6.07) is 0.997. The summed E-state index contributed by atoms with van der Waals surface area (Å²) in [7, 11) is 1.47. The Hall–Kier alpha value is -0.280. The van der Waals surface area contributed by atoms with Crippen molar-refractivity contribution in [3.05, 3.63) is 0 Å². The molecule has 0 aromatic heterocycles. The first-order valence-corrected chi connectivity index (χ1v) is 4.15. The van der Waals surface area contributed by atoms with Crippen LogP contribution in [0.4, 0.5) is 0 Å². The molecule has 2 rings (SSSR count). The van der Waals surface area contributed by atoms with Crippen molar-refractivity contribution in [3.63, 3.8) is 0 Å². The molecule has 3 atom stereocenters. The van der Waals surface area contributed by atoms with Gasteiger partial charge in [0.2, 0.25) is 0 Å². The smallest absolute Gasteiger partial charge is 0.310 e. The molecule has 0 aliphatic carbocycles. The largest absolute Gasteiger partial charge is 0.469 e. The summed E-state index contributed by atoms with van der Waals surface area (Å²) >= 11 is 0. The Morgan fingerprint density at radius 3 is 2.67 bits per heavy atom. The number of rotatable bonds is 1. The van der Waals surface area contributed by atoms with Crippen LogP contribution in [-0.4, -0.2) is 25.2 Å². The van der Waals surface area contributed by atoms with Gasteiger partial charge in [-0.3, -0.25) is 4.79 Å². The van der Waals surface area contributed by atoms with Gasteiger partial charge in [0.25, 0.3) is 0 Å². The van der Waals surface area contributed by atoms with E-state index >= 15 is 0 Å². The van der Waals surface area contributed by atoms with Crippen LogP contribution >= 0.6 is 12.4 Å². The van der Waals surface area contributed by atoms with Gasteiger partial charge < -0.3 is 10.1 Å². The molecule has 0 unspecified atom stereocenters. The Morgan fingerprint density at radius 2 is 2.25 bits per heavy atom. The second-order valence-corrected chi connectivity index (χ2v) is 3.41. The summed E-state index contributed by atoms with van der Waals surface area (Å²) in [5, 5.41) is 3.39. The quantitative estimate of drug-likeness (QED) is 0.621. The van der Waals surface area contributed by atoms with Gasteiger partial charge in [0.05, 0.1) is 13.0 Å². The SMILES string of the molecule is COC(=O)[C@@H]1C[C@@H]2CC[C@H]1N2.Cl. The molecule has 2 bridgehead atoms. The average molecular weight is 192 g/mol. The van der Waals surface area contributed by atoms with Crippen molar-refractivity contribution in [2.24, 2.45) is 5.92 Å². The van der Waals surface area contributed by atoms with Gasteiger partial charge in [0.15, 0.2) is 0 Å². The van der Waals surface area contributed by atoms with Crippen LogP contribution in [0.1, 0.15) is 19.3 Å². The third kappa shape index (κ3) is 1.43. The minimum absolute atomic E-state index is 0.